The number of nitrogens with zero attached hydrogens (tertiary/aromatic N) is 2. The number of aryl methyl sites for hydroxylation is 1. The van der Waals surface area contributed by atoms with E-state index in [0.29, 0.717) is 12.8 Å². The van der Waals surface area contributed by atoms with E-state index in [-0.39, 0.29) is 0 Å². The summed E-state index contributed by atoms with van der Waals surface area (Å²) >= 11 is 0. The molecule has 4 nitrogen and oxygen atoms in total. The van der Waals surface area contributed by atoms with Gasteiger partial charge in [0.2, 0.25) is 0 Å². The molecule has 96 valence electrons. The predicted octanol–water partition coefficient (Wildman–Crippen LogP) is 2.02. The SMILES string of the molecule is CCCn1cc(C(O)C2(O)CCCCC2)cn1. The molecule has 1 unspecified atom stereocenters. The second-order valence-corrected chi connectivity index (χ2v) is 5.10. The van der Waals surface area contributed by atoms with E-state index in [9.17, 15) is 10.2 Å². The third-order valence-electron chi connectivity index (χ3n) is 3.65. The van der Waals surface area contributed by atoms with Crippen LogP contribution in [0.1, 0.15) is 57.1 Å². The van der Waals surface area contributed by atoms with Crippen molar-refractivity contribution in [3.63, 3.8) is 0 Å². The maximum Gasteiger partial charge on any atom is 0.111 e. The Labute approximate surface area is 102 Å². The van der Waals surface area contributed by atoms with Gasteiger partial charge in [-0.15, -0.1) is 0 Å². The first-order chi connectivity index (χ1) is 8.15. The van der Waals surface area contributed by atoms with E-state index in [1.807, 2.05) is 10.9 Å². The van der Waals surface area contributed by atoms with Crippen LogP contribution in [0.4, 0.5) is 0 Å². The molecule has 0 bridgehead atoms. The monoisotopic (exact) mass is 238 g/mol. The summed E-state index contributed by atoms with van der Waals surface area (Å²) in [6, 6.07) is 0. The van der Waals surface area contributed by atoms with Crippen molar-refractivity contribution in [3.8, 4) is 0 Å². The number of hydrogen-bond donors (Lipinski definition) is 2. The highest BCUT2D eigenvalue weighted by Gasteiger charge is 2.38. The van der Waals surface area contributed by atoms with Crippen LogP contribution in [0.5, 0.6) is 0 Å². The van der Waals surface area contributed by atoms with Crippen LogP contribution in [0.2, 0.25) is 0 Å². The van der Waals surface area contributed by atoms with Crippen LogP contribution in [-0.4, -0.2) is 25.6 Å². The minimum Gasteiger partial charge on any atom is -0.387 e. The Balaban J connectivity index is 2.09. The van der Waals surface area contributed by atoms with Gasteiger partial charge < -0.3 is 10.2 Å². The molecule has 1 aliphatic rings. The molecule has 2 rings (SSSR count). The lowest BCUT2D eigenvalue weighted by Gasteiger charge is -2.35. The van der Waals surface area contributed by atoms with E-state index in [0.717, 1.165) is 37.8 Å². The molecule has 1 atom stereocenters. The fraction of sp³-hybridized carbons (Fsp3) is 0.769. The first kappa shape index (κ1) is 12.6. The molecule has 0 spiro atoms. The molecule has 0 radical (unpaired) electrons. The largest absolute Gasteiger partial charge is 0.387 e. The van der Waals surface area contributed by atoms with Crippen LogP contribution in [-0.2, 0) is 6.54 Å². The van der Waals surface area contributed by atoms with Gasteiger partial charge in [0, 0.05) is 18.3 Å². The number of aliphatic hydroxyl groups is 2. The van der Waals surface area contributed by atoms with E-state index in [4.69, 9.17) is 0 Å². The summed E-state index contributed by atoms with van der Waals surface area (Å²) in [4.78, 5) is 0. The first-order valence-corrected chi connectivity index (χ1v) is 6.58. The maximum atomic E-state index is 10.4. The smallest absolute Gasteiger partial charge is 0.111 e. The third kappa shape index (κ3) is 2.69. The topological polar surface area (TPSA) is 58.3 Å². The van der Waals surface area contributed by atoms with E-state index in [1.165, 1.54) is 0 Å². The van der Waals surface area contributed by atoms with Gasteiger partial charge in [0.15, 0.2) is 0 Å². The Morgan fingerprint density at radius 2 is 2.12 bits per heavy atom. The average molecular weight is 238 g/mol. The number of rotatable bonds is 4. The molecule has 0 aromatic carbocycles. The standard InChI is InChI=1S/C13H22N2O2/c1-2-8-15-10-11(9-14-15)12(16)13(17)6-4-3-5-7-13/h9-10,12,16-17H,2-8H2,1H3. The van der Waals surface area contributed by atoms with Crippen molar-refractivity contribution in [1.29, 1.82) is 0 Å². The molecule has 1 fully saturated rings. The van der Waals surface area contributed by atoms with E-state index < -0.39 is 11.7 Å². The van der Waals surface area contributed by atoms with Gasteiger partial charge in [-0.2, -0.15) is 5.10 Å². The summed E-state index contributed by atoms with van der Waals surface area (Å²) in [7, 11) is 0. The number of hydrogen-bond acceptors (Lipinski definition) is 3. The Morgan fingerprint density at radius 1 is 1.41 bits per heavy atom. The van der Waals surface area contributed by atoms with E-state index in [2.05, 4.69) is 12.0 Å². The molecular formula is C13H22N2O2. The van der Waals surface area contributed by atoms with Crippen LogP contribution in [0.3, 0.4) is 0 Å². The zero-order valence-corrected chi connectivity index (χ0v) is 10.5. The van der Waals surface area contributed by atoms with Crippen LogP contribution in [0, 0.1) is 0 Å². The molecule has 1 aromatic heterocycles. The second-order valence-electron chi connectivity index (χ2n) is 5.10. The van der Waals surface area contributed by atoms with Gasteiger partial charge in [0.25, 0.3) is 0 Å². The lowest BCUT2D eigenvalue weighted by atomic mass is 9.79. The summed E-state index contributed by atoms with van der Waals surface area (Å²) in [5.41, 5.74) is -0.207. The number of aliphatic hydroxyl groups excluding tert-OH is 1. The molecule has 1 saturated carbocycles. The molecule has 2 N–H and O–H groups in total. The van der Waals surface area contributed by atoms with Crippen LogP contribution < -0.4 is 0 Å². The van der Waals surface area contributed by atoms with E-state index in [1.54, 1.807) is 6.20 Å². The Hall–Kier alpha value is -0.870. The molecule has 1 aliphatic carbocycles. The highest BCUT2D eigenvalue weighted by Crippen LogP contribution is 2.38. The molecule has 0 amide bonds. The average Bonchev–Trinajstić information content (AvgIpc) is 2.78. The van der Waals surface area contributed by atoms with Gasteiger partial charge in [0.1, 0.15) is 6.10 Å². The minimum absolute atomic E-state index is 0.688. The Kier molecular flexibility index (Phi) is 3.84. The van der Waals surface area contributed by atoms with Gasteiger partial charge in [-0.3, -0.25) is 4.68 Å². The van der Waals surface area contributed by atoms with Crippen molar-refractivity contribution < 1.29 is 10.2 Å². The third-order valence-corrected chi connectivity index (χ3v) is 3.65. The van der Waals surface area contributed by atoms with E-state index >= 15 is 0 Å². The van der Waals surface area contributed by atoms with Gasteiger partial charge in [-0.05, 0) is 19.3 Å². The zero-order chi connectivity index (χ0) is 12.3. The van der Waals surface area contributed by atoms with Crippen molar-refractivity contribution in [1.82, 2.24) is 9.78 Å². The molecule has 0 aliphatic heterocycles. The van der Waals surface area contributed by atoms with Crippen molar-refractivity contribution in [2.75, 3.05) is 0 Å². The lowest BCUT2D eigenvalue weighted by Crippen LogP contribution is -2.38. The summed E-state index contributed by atoms with van der Waals surface area (Å²) in [6.45, 7) is 2.94. The van der Waals surface area contributed by atoms with Crippen molar-refractivity contribution in [2.45, 2.75) is 63.7 Å². The predicted molar refractivity (Wildman–Crippen MR) is 65.5 cm³/mol. The fourth-order valence-electron chi connectivity index (χ4n) is 2.62. The molecule has 17 heavy (non-hydrogen) atoms. The second kappa shape index (κ2) is 5.19. The number of aromatic nitrogens is 2. The summed E-state index contributed by atoms with van der Waals surface area (Å²) < 4.78 is 1.82. The fourth-order valence-corrected chi connectivity index (χ4v) is 2.62. The Bertz CT molecular complexity index is 356. The lowest BCUT2D eigenvalue weighted by molar-refractivity contribution is -0.0992. The van der Waals surface area contributed by atoms with Gasteiger partial charge in [-0.25, -0.2) is 0 Å². The van der Waals surface area contributed by atoms with Crippen molar-refractivity contribution in [2.24, 2.45) is 0 Å². The summed E-state index contributed by atoms with van der Waals surface area (Å²) in [6.07, 6.45) is 8.26. The van der Waals surface area contributed by atoms with Crippen LogP contribution >= 0.6 is 0 Å². The molecule has 4 heteroatoms. The van der Waals surface area contributed by atoms with Crippen LogP contribution in [0.15, 0.2) is 12.4 Å². The molecule has 0 saturated heterocycles. The summed E-state index contributed by atoms with van der Waals surface area (Å²) in [5, 5.41) is 24.9. The zero-order valence-electron chi connectivity index (χ0n) is 10.5. The summed E-state index contributed by atoms with van der Waals surface area (Å²) in [5.74, 6) is 0. The van der Waals surface area contributed by atoms with Crippen LogP contribution in [0.25, 0.3) is 0 Å². The molecule has 1 heterocycles. The van der Waals surface area contributed by atoms with Gasteiger partial charge in [-0.1, -0.05) is 26.2 Å². The molecular weight excluding hydrogens is 216 g/mol. The maximum absolute atomic E-state index is 10.4. The normalized spacial score (nSPS) is 21.4. The minimum atomic E-state index is -0.946. The van der Waals surface area contributed by atoms with Gasteiger partial charge in [0.05, 0.1) is 11.8 Å². The quantitative estimate of drug-likeness (QED) is 0.843. The highest BCUT2D eigenvalue weighted by molar-refractivity contribution is 5.13. The van der Waals surface area contributed by atoms with Crippen molar-refractivity contribution in [3.05, 3.63) is 18.0 Å². The van der Waals surface area contributed by atoms with Crippen molar-refractivity contribution >= 4 is 0 Å². The van der Waals surface area contributed by atoms with Gasteiger partial charge >= 0.3 is 0 Å². The first-order valence-electron chi connectivity index (χ1n) is 6.58. The molecule has 1 aromatic rings. The highest BCUT2D eigenvalue weighted by atomic mass is 16.3. The Morgan fingerprint density at radius 3 is 2.76 bits per heavy atom.